The van der Waals surface area contributed by atoms with E-state index in [1.54, 1.807) is 11.4 Å². The molecular weight excluding hydrogens is 401 g/mol. The van der Waals surface area contributed by atoms with Crippen LogP contribution in [0.25, 0.3) is 10.6 Å². The van der Waals surface area contributed by atoms with Crippen LogP contribution in [0.2, 0.25) is 0 Å². The molecule has 0 radical (unpaired) electrons. The number of carbonyl (C=O) groups excluding carboxylic acids is 1. The zero-order chi connectivity index (χ0) is 20.9. The zero-order valence-electron chi connectivity index (χ0n) is 16.8. The Hall–Kier alpha value is -2.61. The predicted molar refractivity (Wildman–Crippen MR) is 116 cm³/mol. The van der Waals surface area contributed by atoms with Crippen LogP contribution >= 0.6 is 11.3 Å². The lowest BCUT2D eigenvalue weighted by Crippen LogP contribution is -2.43. The van der Waals surface area contributed by atoms with Crippen LogP contribution in [-0.2, 0) is 4.74 Å². The number of carbonyl (C=O) groups is 1. The molecule has 1 fully saturated rings. The van der Waals surface area contributed by atoms with Crippen LogP contribution in [0.5, 0.6) is 0 Å². The van der Waals surface area contributed by atoms with Crippen LogP contribution in [0, 0.1) is 12.7 Å². The Bertz CT molecular complexity index is 1000. The number of nitrogens with zero attached hydrogens (tertiary/aromatic N) is 2. The zero-order valence-corrected chi connectivity index (χ0v) is 17.6. The van der Waals surface area contributed by atoms with Crippen molar-refractivity contribution in [3.05, 3.63) is 76.5 Å². The molecule has 30 heavy (non-hydrogen) atoms. The normalized spacial score (nSPS) is 15.7. The lowest BCUT2D eigenvalue weighted by molar-refractivity contribution is 0.0161. The van der Waals surface area contributed by atoms with Crippen molar-refractivity contribution in [1.29, 1.82) is 0 Å². The number of halogens is 1. The number of thiazole rings is 1. The maximum absolute atomic E-state index is 13.8. The summed E-state index contributed by atoms with van der Waals surface area (Å²) < 4.78 is 19.3. The van der Waals surface area contributed by atoms with Gasteiger partial charge in [-0.2, -0.15) is 0 Å². The molecule has 0 saturated carbocycles. The number of hydrogen-bond acceptors (Lipinski definition) is 5. The first kappa shape index (κ1) is 20.7. The summed E-state index contributed by atoms with van der Waals surface area (Å²) in [6.45, 7) is 5.15. The fourth-order valence-corrected chi connectivity index (χ4v) is 4.35. The van der Waals surface area contributed by atoms with Crippen LogP contribution < -0.4 is 5.32 Å². The smallest absolute Gasteiger partial charge is 0.270 e. The molecule has 1 unspecified atom stereocenters. The Kier molecular flexibility index (Phi) is 6.52. The first-order chi connectivity index (χ1) is 14.6. The van der Waals surface area contributed by atoms with Crippen LogP contribution in [-0.4, -0.2) is 48.6 Å². The number of benzene rings is 2. The average Bonchev–Trinajstić information content (AvgIpc) is 3.25. The fourth-order valence-electron chi connectivity index (χ4n) is 3.55. The molecule has 4 rings (SSSR count). The van der Waals surface area contributed by atoms with E-state index in [-0.39, 0.29) is 17.8 Å². The van der Waals surface area contributed by atoms with Gasteiger partial charge in [0.25, 0.3) is 5.91 Å². The minimum Gasteiger partial charge on any atom is -0.379 e. The molecule has 1 amide bonds. The topological polar surface area (TPSA) is 54.5 Å². The van der Waals surface area contributed by atoms with Crippen molar-refractivity contribution in [2.24, 2.45) is 0 Å². The Morgan fingerprint density at radius 2 is 2.00 bits per heavy atom. The maximum atomic E-state index is 13.8. The summed E-state index contributed by atoms with van der Waals surface area (Å²) in [6, 6.07) is 14.5. The van der Waals surface area contributed by atoms with E-state index < -0.39 is 0 Å². The highest BCUT2D eigenvalue weighted by Crippen LogP contribution is 2.25. The number of rotatable bonds is 6. The Balaban J connectivity index is 1.46. The molecule has 1 aliphatic heterocycles. The molecule has 1 saturated heterocycles. The van der Waals surface area contributed by atoms with Gasteiger partial charge < -0.3 is 10.1 Å². The van der Waals surface area contributed by atoms with E-state index in [1.807, 2.05) is 37.3 Å². The maximum Gasteiger partial charge on any atom is 0.270 e. The summed E-state index contributed by atoms with van der Waals surface area (Å²) in [6.07, 6.45) is 0. The molecule has 1 N–H and O–H groups in total. The van der Waals surface area contributed by atoms with Crippen LogP contribution in [0.1, 0.15) is 27.7 Å². The second kappa shape index (κ2) is 9.47. The second-order valence-electron chi connectivity index (χ2n) is 7.33. The molecule has 5 nitrogen and oxygen atoms in total. The highest BCUT2D eigenvalue weighted by molar-refractivity contribution is 7.13. The third-order valence-electron chi connectivity index (χ3n) is 5.21. The Morgan fingerprint density at radius 3 is 2.73 bits per heavy atom. The summed E-state index contributed by atoms with van der Waals surface area (Å²) >= 11 is 1.45. The fraction of sp³-hybridized carbons (Fsp3) is 0.304. The monoisotopic (exact) mass is 425 g/mol. The number of aromatic nitrogens is 1. The molecule has 2 aromatic carbocycles. The van der Waals surface area contributed by atoms with Crippen molar-refractivity contribution in [2.45, 2.75) is 13.0 Å². The van der Waals surface area contributed by atoms with E-state index in [0.717, 1.165) is 29.2 Å². The highest BCUT2D eigenvalue weighted by Gasteiger charge is 2.24. The van der Waals surface area contributed by atoms with Crippen LogP contribution in [0.15, 0.2) is 53.9 Å². The van der Waals surface area contributed by atoms with Gasteiger partial charge >= 0.3 is 0 Å². The summed E-state index contributed by atoms with van der Waals surface area (Å²) in [5, 5.41) is 5.58. The van der Waals surface area contributed by atoms with Gasteiger partial charge in [-0.25, -0.2) is 9.37 Å². The predicted octanol–water partition coefficient (Wildman–Crippen LogP) is 4.06. The van der Waals surface area contributed by atoms with Gasteiger partial charge in [0.2, 0.25) is 0 Å². The van der Waals surface area contributed by atoms with Gasteiger partial charge in [-0.1, -0.05) is 42.0 Å². The summed E-state index contributed by atoms with van der Waals surface area (Å²) in [7, 11) is 0. The minimum atomic E-state index is -0.278. The third-order valence-corrected chi connectivity index (χ3v) is 6.10. The van der Waals surface area contributed by atoms with E-state index in [1.165, 1.54) is 29.0 Å². The molecule has 0 aliphatic carbocycles. The molecule has 0 bridgehead atoms. The van der Waals surface area contributed by atoms with Crippen molar-refractivity contribution in [2.75, 3.05) is 32.8 Å². The van der Waals surface area contributed by atoms with Gasteiger partial charge in [0, 0.05) is 30.6 Å². The molecule has 2 heterocycles. The lowest BCUT2D eigenvalue weighted by atomic mass is 10.0. The number of amides is 1. The standard InChI is InChI=1S/C23H24FN3O2S/c1-16-5-7-17(8-6-16)23-26-20(15-30-23)22(28)25-14-21(27-9-11-29-12-10-27)18-3-2-4-19(24)13-18/h2-8,13,15,21H,9-12,14H2,1H3,(H,25,28). The van der Waals surface area contributed by atoms with Crippen molar-refractivity contribution < 1.29 is 13.9 Å². The number of ether oxygens (including phenoxy) is 1. The molecule has 1 atom stereocenters. The summed E-state index contributed by atoms with van der Waals surface area (Å²) in [4.78, 5) is 19.5. The number of nitrogens with one attached hydrogen (secondary N) is 1. The lowest BCUT2D eigenvalue weighted by Gasteiger charge is -2.34. The molecule has 1 aliphatic rings. The molecular formula is C23H24FN3O2S. The Labute approximate surface area is 179 Å². The van der Waals surface area contributed by atoms with Gasteiger partial charge in [0.1, 0.15) is 16.5 Å². The molecule has 0 spiro atoms. The van der Waals surface area contributed by atoms with Crippen molar-refractivity contribution in [1.82, 2.24) is 15.2 Å². The number of hydrogen-bond donors (Lipinski definition) is 1. The van der Waals surface area contributed by atoms with Crippen LogP contribution in [0.3, 0.4) is 0 Å². The van der Waals surface area contributed by atoms with Gasteiger partial charge in [-0.3, -0.25) is 9.69 Å². The largest absolute Gasteiger partial charge is 0.379 e. The molecule has 3 aromatic rings. The average molecular weight is 426 g/mol. The first-order valence-corrected chi connectivity index (χ1v) is 10.9. The first-order valence-electron chi connectivity index (χ1n) is 9.98. The quantitative estimate of drug-likeness (QED) is 0.647. The molecule has 156 valence electrons. The highest BCUT2D eigenvalue weighted by atomic mass is 32.1. The van der Waals surface area contributed by atoms with Crippen LogP contribution in [0.4, 0.5) is 4.39 Å². The number of aryl methyl sites for hydroxylation is 1. The van der Waals surface area contributed by atoms with Gasteiger partial charge in [-0.05, 0) is 24.6 Å². The molecule has 7 heteroatoms. The van der Waals surface area contributed by atoms with E-state index >= 15 is 0 Å². The van der Waals surface area contributed by atoms with Gasteiger partial charge in [-0.15, -0.1) is 11.3 Å². The third kappa shape index (κ3) is 4.92. The summed E-state index contributed by atoms with van der Waals surface area (Å²) in [5.74, 6) is -0.501. The van der Waals surface area contributed by atoms with Gasteiger partial charge in [0.05, 0.1) is 19.3 Å². The van der Waals surface area contributed by atoms with Crippen molar-refractivity contribution in [3.8, 4) is 10.6 Å². The Morgan fingerprint density at radius 1 is 1.23 bits per heavy atom. The molecule has 1 aromatic heterocycles. The van der Waals surface area contributed by atoms with Crippen molar-refractivity contribution >= 4 is 17.2 Å². The van der Waals surface area contributed by atoms with E-state index in [0.29, 0.717) is 25.5 Å². The van der Waals surface area contributed by atoms with E-state index in [9.17, 15) is 9.18 Å². The van der Waals surface area contributed by atoms with Crippen molar-refractivity contribution in [3.63, 3.8) is 0 Å². The SMILES string of the molecule is Cc1ccc(-c2nc(C(=O)NCC(c3cccc(F)c3)N3CCOCC3)cs2)cc1. The van der Waals surface area contributed by atoms with E-state index in [2.05, 4.69) is 15.2 Å². The number of morpholine rings is 1. The van der Waals surface area contributed by atoms with Gasteiger partial charge in [0.15, 0.2) is 0 Å². The second-order valence-corrected chi connectivity index (χ2v) is 8.19. The minimum absolute atomic E-state index is 0.122. The summed E-state index contributed by atoms with van der Waals surface area (Å²) in [5.41, 5.74) is 3.42. The van der Waals surface area contributed by atoms with E-state index in [4.69, 9.17) is 4.74 Å².